The zero-order valence-electron chi connectivity index (χ0n) is 12.0. The fourth-order valence-corrected chi connectivity index (χ4v) is 2.99. The maximum Gasteiger partial charge on any atom is 0.256 e. The third kappa shape index (κ3) is 2.85. The number of aliphatic hydroxyl groups is 2. The molecule has 1 aromatic heterocycles. The summed E-state index contributed by atoms with van der Waals surface area (Å²) in [7, 11) is 0. The molecule has 112 valence electrons. The first-order valence-electron chi connectivity index (χ1n) is 7.26. The minimum Gasteiger partial charge on any atom is -0.392 e. The Balaban J connectivity index is 1.82. The SMILES string of the molecule is Cc1cccc2c(=O)[nH]c(CCN3C[C@H](O)CC3O)cc12. The minimum absolute atomic E-state index is 0.0757. The molecule has 3 rings (SSSR count). The van der Waals surface area contributed by atoms with Crippen LogP contribution in [0.3, 0.4) is 0 Å². The number of aliphatic hydroxyl groups excluding tert-OH is 2. The third-order valence-corrected chi connectivity index (χ3v) is 4.18. The summed E-state index contributed by atoms with van der Waals surface area (Å²) in [6.45, 7) is 3.09. The molecule has 1 aliphatic heterocycles. The van der Waals surface area contributed by atoms with Crippen molar-refractivity contribution in [1.82, 2.24) is 9.88 Å². The molecule has 0 spiro atoms. The van der Waals surface area contributed by atoms with Crippen molar-refractivity contribution in [1.29, 1.82) is 0 Å². The number of aryl methyl sites for hydroxylation is 1. The van der Waals surface area contributed by atoms with E-state index < -0.39 is 12.3 Å². The summed E-state index contributed by atoms with van der Waals surface area (Å²) in [6.07, 6.45) is -0.0109. The molecule has 0 amide bonds. The standard InChI is InChI=1S/C16H20N2O3/c1-10-3-2-4-13-14(10)7-11(17-16(13)21)5-6-18-9-12(19)8-15(18)20/h2-4,7,12,15,19-20H,5-6,8-9H2,1H3,(H,17,21)/t12-,15?/m1/s1. The molecule has 5 nitrogen and oxygen atoms in total. The van der Waals surface area contributed by atoms with E-state index in [9.17, 15) is 15.0 Å². The smallest absolute Gasteiger partial charge is 0.256 e. The Hall–Kier alpha value is -1.69. The van der Waals surface area contributed by atoms with Crippen LogP contribution in [0.2, 0.25) is 0 Å². The first-order chi connectivity index (χ1) is 10.0. The topological polar surface area (TPSA) is 76.6 Å². The molecule has 1 unspecified atom stereocenters. The van der Waals surface area contributed by atoms with Crippen LogP contribution in [-0.2, 0) is 6.42 Å². The van der Waals surface area contributed by atoms with Gasteiger partial charge in [0, 0.05) is 37.0 Å². The van der Waals surface area contributed by atoms with Gasteiger partial charge in [0.1, 0.15) is 6.23 Å². The highest BCUT2D eigenvalue weighted by molar-refractivity contribution is 5.84. The Morgan fingerprint density at radius 3 is 2.86 bits per heavy atom. The molecule has 2 heterocycles. The van der Waals surface area contributed by atoms with Crippen LogP contribution in [0.4, 0.5) is 0 Å². The highest BCUT2D eigenvalue weighted by Crippen LogP contribution is 2.18. The van der Waals surface area contributed by atoms with Crippen molar-refractivity contribution < 1.29 is 10.2 Å². The van der Waals surface area contributed by atoms with Gasteiger partial charge in [-0.15, -0.1) is 0 Å². The van der Waals surface area contributed by atoms with Gasteiger partial charge >= 0.3 is 0 Å². The summed E-state index contributed by atoms with van der Waals surface area (Å²) < 4.78 is 0. The van der Waals surface area contributed by atoms with Gasteiger partial charge in [-0.05, 0) is 30.0 Å². The lowest BCUT2D eigenvalue weighted by molar-refractivity contribution is 0.0387. The molecule has 1 aromatic carbocycles. The molecule has 0 radical (unpaired) electrons. The number of aromatic nitrogens is 1. The van der Waals surface area contributed by atoms with Crippen LogP contribution in [0.15, 0.2) is 29.1 Å². The molecule has 1 saturated heterocycles. The van der Waals surface area contributed by atoms with Gasteiger partial charge < -0.3 is 15.2 Å². The number of hydrogen-bond donors (Lipinski definition) is 3. The summed E-state index contributed by atoms with van der Waals surface area (Å²) in [5.41, 5.74) is 1.86. The lowest BCUT2D eigenvalue weighted by Crippen LogP contribution is -2.32. The highest BCUT2D eigenvalue weighted by atomic mass is 16.3. The Morgan fingerprint density at radius 2 is 2.14 bits per heavy atom. The molecule has 0 aliphatic carbocycles. The van der Waals surface area contributed by atoms with Crippen LogP contribution in [0.25, 0.3) is 10.8 Å². The molecule has 2 atom stereocenters. The highest BCUT2D eigenvalue weighted by Gasteiger charge is 2.28. The number of H-pyrrole nitrogens is 1. The quantitative estimate of drug-likeness (QED) is 0.779. The number of fused-ring (bicyclic) bond motifs is 1. The van der Waals surface area contributed by atoms with Crippen molar-refractivity contribution in [2.45, 2.75) is 32.1 Å². The molecule has 21 heavy (non-hydrogen) atoms. The molecular weight excluding hydrogens is 268 g/mol. The van der Waals surface area contributed by atoms with Crippen molar-refractivity contribution in [2.24, 2.45) is 0 Å². The summed E-state index contributed by atoms with van der Waals surface area (Å²) in [4.78, 5) is 16.8. The van der Waals surface area contributed by atoms with E-state index in [0.717, 1.165) is 16.6 Å². The van der Waals surface area contributed by atoms with Crippen LogP contribution in [-0.4, -0.2) is 45.5 Å². The second-order valence-corrected chi connectivity index (χ2v) is 5.77. The number of hydrogen-bond acceptors (Lipinski definition) is 4. The van der Waals surface area contributed by atoms with Crippen molar-refractivity contribution in [3.05, 3.63) is 45.9 Å². The monoisotopic (exact) mass is 288 g/mol. The van der Waals surface area contributed by atoms with E-state index in [4.69, 9.17) is 0 Å². The molecule has 0 saturated carbocycles. The summed E-state index contributed by atoms with van der Waals surface area (Å²) >= 11 is 0. The number of likely N-dealkylation sites (tertiary alicyclic amines) is 1. The predicted molar refractivity (Wildman–Crippen MR) is 81.2 cm³/mol. The van der Waals surface area contributed by atoms with Gasteiger partial charge in [0.2, 0.25) is 0 Å². The Morgan fingerprint density at radius 1 is 1.33 bits per heavy atom. The van der Waals surface area contributed by atoms with Gasteiger partial charge in [0.15, 0.2) is 0 Å². The van der Waals surface area contributed by atoms with Crippen LogP contribution in [0.1, 0.15) is 17.7 Å². The second-order valence-electron chi connectivity index (χ2n) is 5.77. The van der Waals surface area contributed by atoms with Crippen LogP contribution in [0.5, 0.6) is 0 Å². The number of nitrogens with zero attached hydrogens (tertiary/aromatic N) is 1. The number of pyridine rings is 1. The Kier molecular flexibility index (Phi) is 3.80. The first-order valence-corrected chi connectivity index (χ1v) is 7.26. The van der Waals surface area contributed by atoms with Crippen molar-refractivity contribution in [3.8, 4) is 0 Å². The van der Waals surface area contributed by atoms with Gasteiger partial charge in [-0.3, -0.25) is 9.69 Å². The number of benzene rings is 1. The maximum atomic E-state index is 12.1. The third-order valence-electron chi connectivity index (χ3n) is 4.18. The average Bonchev–Trinajstić information content (AvgIpc) is 2.76. The summed E-state index contributed by atoms with van der Waals surface area (Å²) in [6, 6.07) is 7.71. The molecule has 5 heteroatoms. The lowest BCUT2D eigenvalue weighted by Gasteiger charge is -2.19. The van der Waals surface area contributed by atoms with Crippen molar-refractivity contribution >= 4 is 10.8 Å². The predicted octanol–water partition coefficient (Wildman–Crippen LogP) is 0.764. The Labute approximate surface area is 122 Å². The molecule has 3 N–H and O–H groups in total. The molecule has 2 aromatic rings. The van der Waals surface area contributed by atoms with Gasteiger partial charge in [-0.1, -0.05) is 12.1 Å². The van der Waals surface area contributed by atoms with E-state index in [1.54, 1.807) is 0 Å². The number of rotatable bonds is 3. The van der Waals surface area contributed by atoms with Gasteiger partial charge in [-0.2, -0.15) is 0 Å². The average molecular weight is 288 g/mol. The van der Waals surface area contributed by atoms with Crippen LogP contribution in [0, 0.1) is 6.92 Å². The van der Waals surface area contributed by atoms with E-state index in [-0.39, 0.29) is 5.56 Å². The summed E-state index contributed by atoms with van der Waals surface area (Å²) in [5.74, 6) is 0. The molecule has 1 fully saturated rings. The zero-order chi connectivity index (χ0) is 15.0. The maximum absolute atomic E-state index is 12.1. The fraction of sp³-hybridized carbons (Fsp3) is 0.438. The minimum atomic E-state index is -0.589. The molecular formula is C16H20N2O3. The second kappa shape index (κ2) is 5.60. The van der Waals surface area contributed by atoms with E-state index in [1.807, 2.05) is 36.1 Å². The summed E-state index contributed by atoms with van der Waals surface area (Å²) in [5, 5.41) is 21.0. The first kappa shape index (κ1) is 14.3. The van der Waals surface area contributed by atoms with E-state index in [1.165, 1.54) is 0 Å². The molecule has 0 bridgehead atoms. The number of β-amino-alcohol motifs (C(OH)–C–C–N with tert-alkyl or cyclic N) is 1. The fourth-order valence-electron chi connectivity index (χ4n) is 2.99. The van der Waals surface area contributed by atoms with E-state index >= 15 is 0 Å². The van der Waals surface area contributed by atoms with Gasteiger partial charge in [-0.25, -0.2) is 0 Å². The van der Waals surface area contributed by atoms with Crippen LogP contribution >= 0.6 is 0 Å². The normalized spacial score (nSPS) is 23.0. The van der Waals surface area contributed by atoms with E-state index in [2.05, 4.69) is 4.98 Å². The lowest BCUT2D eigenvalue weighted by atomic mass is 10.1. The van der Waals surface area contributed by atoms with Gasteiger partial charge in [0.05, 0.1) is 6.10 Å². The largest absolute Gasteiger partial charge is 0.392 e. The number of nitrogens with one attached hydrogen (secondary N) is 1. The van der Waals surface area contributed by atoms with Crippen molar-refractivity contribution in [2.75, 3.05) is 13.1 Å². The van der Waals surface area contributed by atoms with Gasteiger partial charge in [0.25, 0.3) is 5.56 Å². The van der Waals surface area contributed by atoms with E-state index in [0.29, 0.717) is 31.3 Å². The van der Waals surface area contributed by atoms with Crippen LogP contribution < -0.4 is 5.56 Å². The Bertz CT molecular complexity index is 710. The zero-order valence-corrected chi connectivity index (χ0v) is 12.0. The molecule has 1 aliphatic rings. The number of aromatic amines is 1. The van der Waals surface area contributed by atoms with Crippen molar-refractivity contribution in [3.63, 3.8) is 0 Å².